The van der Waals surface area contributed by atoms with Crippen LogP contribution < -0.4 is 16.2 Å². The zero-order valence-electron chi connectivity index (χ0n) is 9.78. The van der Waals surface area contributed by atoms with Gasteiger partial charge < -0.3 is 5.32 Å². The Morgan fingerprint density at radius 3 is 3.06 bits per heavy atom. The Bertz CT molecular complexity index is 411. The van der Waals surface area contributed by atoms with Gasteiger partial charge in [0.15, 0.2) is 0 Å². The van der Waals surface area contributed by atoms with Gasteiger partial charge in [-0.15, -0.1) is 0 Å². The Morgan fingerprint density at radius 2 is 2.24 bits per heavy atom. The van der Waals surface area contributed by atoms with Crippen molar-refractivity contribution in [2.24, 2.45) is 5.92 Å². The molecule has 4 atom stereocenters. The molecule has 5 heteroatoms. The van der Waals surface area contributed by atoms with Crippen molar-refractivity contribution in [3.05, 3.63) is 29.8 Å². The van der Waals surface area contributed by atoms with Gasteiger partial charge in [-0.3, -0.25) is 15.8 Å². The fourth-order valence-electron chi connectivity index (χ4n) is 2.87. The van der Waals surface area contributed by atoms with E-state index in [4.69, 9.17) is 0 Å². The molecule has 0 spiro atoms. The summed E-state index contributed by atoms with van der Waals surface area (Å²) in [4.78, 5) is 3.92. The molecule has 0 radical (unpaired) electrons. The Balaban J connectivity index is 1.77. The van der Waals surface area contributed by atoms with Crippen LogP contribution in [0.1, 0.15) is 24.9 Å². The molecule has 3 heterocycles. The highest BCUT2D eigenvalue weighted by Gasteiger charge is 2.38. The Hall–Kier alpha value is -1.04. The van der Waals surface area contributed by atoms with Gasteiger partial charge in [0, 0.05) is 30.9 Å². The van der Waals surface area contributed by atoms with E-state index in [9.17, 15) is 4.39 Å². The number of nitrogens with one attached hydrogen (secondary N) is 3. The number of pyridine rings is 1. The summed E-state index contributed by atoms with van der Waals surface area (Å²) >= 11 is 0. The van der Waals surface area contributed by atoms with E-state index in [1.807, 2.05) is 0 Å². The second-order valence-electron chi connectivity index (χ2n) is 4.98. The van der Waals surface area contributed by atoms with Crippen LogP contribution in [-0.4, -0.2) is 23.6 Å². The zero-order valence-corrected chi connectivity index (χ0v) is 9.78. The first-order chi connectivity index (χ1) is 8.24. The van der Waals surface area contributed by atoms with Gasteiger partial charge in [-0.05, 0) is 30.9 Å². The van der Waals surface area contributed by atoms with Crippen molar-refractivity contribution in [2.45, 2.75) is 31.5 Å². The monoisotopic (exact) mass is 236 g/mol. The Labute approximate surface area is 100.0 Å². The smallest absolute Gasteiger partial charge is 0.141 e. The van der Waals surface area contributed by atoms with Crippen molar-refractivity contribution in [1.82, 2.24) is 21.2 Å². The van der Waals surface area contributed by atoms with E-state index < -0.39 is 0 Å². The standard InChI is InChI=1S/C12H17FN4/c1-7-10-3-11(15-6-12(10)17-16-7)8-2-9(13)5-14-4-8/h2,4-5,7,10-12,15-17H,3,6H2,1H3. The van der Waals surface area contributed by atoms with Crippen LogP contribution in [0.4, 0.5) is 4.39 Å². The second-order valence-corrected chi connectivity index (χ2v) is 4.98. The van der Waals surface area contributed by atoms with E-state index in [0.717, 1.165) is 18.5 Å². The van der Waals surface area contributed by atoms with Crippen molar-refractivity contribution in [1.29, 1.82) is 0 Å². The lowest BCUT2D eigenvalue weighted by Crippen LogP contribution is -2.46. The lowest BCUT2D eigenvalue weighted by atomic mass is 9.83. The zero-order chi connectivity index (χ0) is 11.8. The summed E-state index contributed by atoms with van der Waals surface area (Å²) in [6.07, 6.45) is 4.01. The van der Waals surface area contributed by atoms with E-state index in [0.29, 0.717) is 18.0 Å². The lowest BCUT2D eigenvalue weighted by Gasteiger charge is -2.33. The summed E-state index contributed by atoms with van der Waals surface area (Å²) in [7, 11) is 0. The van der Waals surface area contributed by atoms with Crippen LogP contribution in [-0.2, 0) is 0 Å². The van der Waals surface area contributed by atoms with E-state index in [1.165, 1.54) is 6.20 Å². The second kappa shape index (κ2) is 4.33. The van der Waals surface area contributed by atoms with Crippen LogP contribution in [0.15, 0.2) is 18.5 Å². The molecule has 3 rings (SSSR count). The van der Waals surface area contributed by atoms with Crippen molar-refractivity contribution < 1.29 is 4.39 Å². The molecule has 4 unspecified atom stereocenters. The van der Waals surface area contributed by atoms with E-state index >= 15 is 0 Å². The molecule has 2 aliphatic rings. The molecule has 1 aromatic rings. The number of aromatic nitrogens is 1. The van der Waals surface area contributed by atoms with Crippen LogP contribution in [0.3, 0.4) is 0 Å². The van der Waals surface area contributed by atoms with Gasteiger partial charge in [0.25, 0.3) is 0 Å². The van der Waals surface area contributed by atoms with E-state index in [1.54, 1.807) is 12.3 Å². The molecule has 0 aliphatic carbocycles. The van der Waals surface area contributed by atoms with Crippen molar-refractivity contribution in [3.63, 3.8) is 0 Å². The predicted molar refractivity (Wildman–Crippen MR) is 62.6 cm³/mol. The van der Waals surface area contributed by atoms with E-state index in [2.05, 4.69) is 28.1 Å². The lowest BCUT2D eigenvalue weighted by molar-refractivity contribution is 0.270. The predicted octanol–water partition coefficient (Wildman–Crippen LogP) is 0.736. The van der Waals surface area contributed by atoms with Crippen molar-refractivity contribution >= 4 is 0 Å². The van der Waals surface area contributed by atoms with Gasteiger partial charge in [0.2, 0.25) is 0 Å². The topological polar surface area (TPSA) is 49.0 Å². The third kappa shape index (κ3) is 2.06. The first kappa shape index (κ1) is 11.1. The first-order valence-corrected chi connectivity index (χ1v) is 6.09. The van der Waals surface area contributed by atoms with Gasteiger partial charge in [-0.1, -0.05) is 0 Å². The average molecular weight is 236 g/mol. The Kier molecular flexibility index (Phi) is 2.82. The largest absolute Gasteiger partial charge is 0.308 e. The number of piperidine rings is 1. The summed E-state index contributed by atoms with van der Waals surface area (Å²) in [5, 5.41) is 3.45. The number of nitrogens with zero attached hydrogens (tertiary/aromatic N) is 1. The number of hydrazine groups is 1. The summed E-state index contributed by atoms with van der Waals surface area (Å²) in [5.74, 6) is 0.326. The van der Waals surface area contributed by atoms with Gasteiger partial charge in [-0.25, -0.2) is 4.39 Å². The van der Waals surface area contributed by atoms with Crippen LogP contribution >= 0.6 is 0 Å². The van der Waals surface area contributed by atoms with Crippen LogP contribution in [0, 0.1) is 11.7 Å². The van der Waals surface area contributed by atoms with Gasteiger partial charge in [0.05, 0.1) is 6.20 Å². The molecule has 17 heavy (non-hydrogen) atoms. The normalized spacial score (nSPS) is 36.8. The molecule has 2 fully saturated rings. The molecule has 0 aromatic carbocycles. The molecule has 0 bridgehead atoms. The third-order valence-electron chi connectivity index (χ3n) is 3.88. The summed E-state index contributed by atoms with van der Waals surface area (Å²) in [6, 6.07) is 2.73. The van der Waals surface area contributed by atoms with Gasteiger partial charge in [0.1, 0.15) is 5.82 Å². The minimum absolute atomic E-state index is 0.212. The average Bonchev–Trinajstić information content (AvgIpc) is 2.71. The van der Waals surface area contributed by atoms with Crippen molar-refractivity contribution in [2.75, 3.05) is 6.54 Å². The highest BCUT2D eigenvalue weighted by molar-refractivity contribution is 5.17. The maximum Gasteiger partial charge on any atom is 0.141 e. The molecule has 4 nitrogen and oxygen atoms in total. The molecule has 3 N–H and O–H groups in total. The number of halogens is 1. The van der Waals surface area contributed by atoms with Gasteiger partial charge in [-0.2, -0.15) is 0 Å². The maximum absolute atomic E-state index is 13.2. The number of rotatable bonds is 1. The minimum atomic E-state index is -0.262. The summed E-state index contributed by atoms with van der Waals surface area (Å²) in [6.45, 7) is 3.09. The van der Waals surface area contributed by atoms with Gasteiger partial charge >= 0.3 is 0 Å². The molecular weight excluding hydrogens is 219 g/mol. The van der Waals surface area contributed by atoms with Crippen LogP contribution in [0.2, 0.25) is 0 Å². The summed E-state index contributed by atoms with van der Waals surface area (Å²) < 4.78 is 13.2. The number of hydrogen-bond donors (Lipinski definition) is 3. The van der Waals surface area contributed by atoms with Crippen molar-refractivity contribution in [3.8, 4) is 0 Å². The van der Waals surface area contributed by atoms with E-state index in [-0.39, 0.29) is 11.9 Å². The van der Waals surface area contributed by atoms with Crippen LogP contribution in [0.5, 0.6) is 0 Å². The SMILES string of the molecule is CC1NNC2CNC(c3cncc(F)c3)CC12. The highest BCUT2D eigenvalue weighted by atomic mass is 19.1. The molecule has 92 valence electrons. The third-order valence-corrected chi connectivity index (χ3v) is 3.88. The fraction of sp³-hybridized carbons (Fsp3) is 0.583. The maximum atomic E-state index is 13.2. The minimum Gasteiger partial charge on any atom is -0.308 e. The number of fused-ring (bicyclic) bond motifs is 1. The molecule has 2 saturated heterocycles. The molecule has 0 amide bonds. The quantitative estimate of drug-likeness (QED) is 0.673. The highest BCUT2D eigenvalue weighted by Crippen LogP contribution is 2.31. The number of hydrogen-bond acceptors (Lipinski definition) is 4. The van der Waals surface area contributed by atoms with Crippen LogP contribution in [0.25, 0.3) is 0 Å². The molecular formula is C12H17FN4. The molecule has 1 aromatic heterocycles. The first-order valence-electron chi connectivity index (χ1n) is 6.09. The Morgan fingerprint density at radius 1 is 1.35 bits per heavy atom. The molecule has 2 aliphatic heterocycles. The molecule has 0 saturated carbocycles. The fourth-order valence-corrected chi connectivity index (χ4v) is 2.87. The summed E-state index contributed by atoms with van der Waals surface area (Å²) in [5.41, 5.74) is 7.50.